The summed E-state index contributed by atoms with van der Waals surface area (Å²) in [5.41, 5.74) is 0.405. The van der Waals surface area contributed by atoms with Crippen molar-refractivity contribution in [3.05, 3.63) is 46.0 Å². The highest BCUT2D eigenvalue weighted by atomic mass is 16.6. The molecule has 106 valence electrons. The van der Waals surface area contributed by atoms with Gasteiger partial charge in [-0.15, -0.1) is 0 Å². The summed E-state index contributed by atoms with van der Waals surface area (Å²) < 4.78 is 0. The molecule has 0 aliphatic heterocycles. The molecule has 0 aliphatic carbocycles. The molecule has 1 unspecified atom stereocenters. The van der Waals surface area contributed by atoms with Crippen molar-refractivity contribution < 1.29 is 19.6 Å². The van der Waals surface area contributed by atoms with Crippen LogP contribution < -0.4 is 5.32 Å². The second kappa shape index (κ2) is 7.03. The van der Waals surface area contributed by atoms with E-state index in [0.29, 0.717) is 5.56 Å². The number of nitrogens with one attached hydrogen (secondary N) is 1. The summed E-state index contributed by atoms with van der Waals surface area (Å²) in [6.07, 6.45) is 2.80. The molecule has 0 spiro atoms. The lowest BCUT2D eigenvalue weighted by Gasteiger charge is -2.09. The second-order valence-electron chi connectivity index (χ2n) is 3.99. The van der Waals surface area contributed by atoms with Gasteiger partial charge in [-0.05, 0) is 18.1 Å². The fourth-order valence-electron chi connectivity index (χ4n) is 1.47. The van der Waals surface area contributed by atoms with Crippen molar-refractivity contribution in [2.45, 2.75) is 19.4 Å². The predicted octanol–water partition coefficient (Wildman–Crippen LogP) is 1.59. The van der Waals surface area contributed by atoms with Crippen LogP contribution in [0, 0.1) is 10.1 Å². The number of non-ortho nitro benzene ring substituents is 1. The number of carbonyl (C=O) groups is 2. The van der Waals surface area contributed by atoms with Crippen LogP contribution in [0.1, 0.15) is 18.9 Å². The van der Waals surface area contributed by atoms with Gasteiger partial charge >= 0.3 is 5.97 Å². The lowest BCUT2D eigenvalue weighted by atomic mass is 10.2. The standard InChI is InChI=1S/C13H14N2O5/c1-2-11(13(17)18)14-12(16)7-6-9-4-3-5-10(8-9)15(19)20/h3-8,11H,2H2,1H3,(H,14,16)(H,17,18)/b7-6+. The van der Waals surface area contributed by atoms with E-state index in [0.717, 1.165) is 6.08 Å². The van der Waals surface area contributed by atoms with E-state index in [1.165, 1.54) is 24.3 Å². The maximum Gasteiger partial charge on any atom is 0.326 e. The van der Waals surface area contributed by atoms with Crippen molar-refractivity contribution in [1.82, 2.24) is 5.32 Å². The predicted molar refractivity (Wildman–Crippen MR) is 72.0 cm³/mol. The zero-order valence-electron chi connectivity index (χ0n) is 10.8. The van der Waals surface area contributed by atoms with Crippen LogP contribution in [0.25, 0.3) is 6.08 Å². The molecule has 0 bridgehead atoms. The number of benzene rings is 1. The van der Waals surface area contributed by atoms with Gasteiger partial charge in [0.15, 0.2) is 0 Å². The number of hydrogen-bond donors (Lipinski definition) is 2. The molecule has 1 rings (SSSR count). The molecule has 0 saturated carbocycles. The van der Waals surface area contributed by atoms with Crippen LogP contribution in [0.15, 0.2) is 30.3 Å². The summed E-state index contributed by atoms with van der Waals surface area (Å²) in [6, 6.07) is 4.82. The summed E-state index contributed by atoms with van der Waals surface area (Å²) in [5, 5.41) is 21.7. The zero-order valence-corrected chi connectivity index (χ0v) is 10.8. The number of nitrogens with zero attached hydrogens (tertiary/aromatic N) is 1. The van der Waals surface area contributed by atoms with E-state index < -0.39 is 22.8 Å². The van der Waals surface area contributed by atoms with Crippen molar-refractivity contribution in [1.29, 1.82) is 0 Å². The Balaban J connectivity index is 2.72. The third-order valence-corrected chi connectivity index (χ3v) is 2.53. The first-order chi connectivity index (χ1) is 9.43. The van der Waals surface area contributed by atoms with Gasteiger partial charge in [-0.25, -0.2) is 4.79 Å². The topological polar surface area (TPSA) is 110 Å². The summed E-state index contributed by atoms with van der Waals surface area (Å²) in [6.45, 7) is 1.64. The molecule has 0 aromatic heterocycles. The first-order valence-corrected chi connectivity index (χ1v) is 5.90. The number of nitro groups is 1. The molecule has 0 saturated heterocycles. The van der Waals surface area contributed by atoms with Crippen LogP contribution in [0.3, 0.4) is 0 Å². The fraction of sp³-hybridized carbons (Fsp3) is 0.231. The van der Waals surface area contributed by atoms with Crippen LogP contribution in [0.4, 0.5) is 5.69 Å². The maximum atomic E-state index is 11.5. The van der Waals surface area contributed by atoms with Crippen molar-refractivity contribution in [2.24, 2.45) is 0 Å². The van der Waals surface area contributed by atoms with Gasteiger partial charge in [-0.3, -0.25) is 14.9 Å². The molecule has 0 heterocycles. The zero-order chi connectivity index (χ0) is 15.1. The first-order valence-electron chi connectivity index (χ1n) is 5.90. The molecule has 1 amide bonds. The van der Waals surface area contributed by atoms with Gasteiger partial charge in [0, 0.05) is 18.2 Å². The van der Waals surface area contributed by atoms with Gasteiger partial charge in [0.25, 0.3) is 5.69 Å². The lowest BCUT2D eigenvalue weighted by Crippen LogP contribution is -2.39. The fourth-order valence-corrected chi connectivity index (χ4v) is 1.47. The minimum atomic E-state index is -1.11. The van der Waals surface area contributed by atoms with E-state index in [4.69, 9.17) is 5.11 Å². The Morgan fingerprint density at radius 2 is 2.20 bits per heavy atom. The number of amides is 1. The molecule has 1 aromatic carbocycles. The van der Waals surface area contributed by atoms with Crippen LogP contribution in [-0.4, -0.2) is 27.9 Å². The monoisotopic (exact) mass is 278 g/mol. The summed E-state index contributed by atoms with van der Waals surface area (Å²) >= 11 is 0. The summed E-state index contributed by atoms with van der Waals surface area (Å²) in [7, 11) is 0. The Kier molecular flexibility index (Phi) is 5.40. The van der Waals surface area contributed by atoms with Gasteiger partial charge in [0.1, 0.15) is 6.04 Å². The third-order valence-electron chi connectivity index (χ3n) is 2.53. The SMILES string of the molecule is CCC(NC(=O)/C=C/c1cccc([N+](=O)[O-])c1)C(=O)O. The highest BCUT2D eigenvalue weighted by Crippen LogP contribution is 2.13. The normalized spacial score (nSPS) is 12.1. The molecular weight excluding hydrogens is 264 g/mol. The molecule has 7 heteroatoms. The van der Waals surface area contributed by atoms with Crippen molar-refractivity contribution >= 4 is 23.6 Å². The average molecular weight is 278 g/mol. The number of nitro benzene ring substituents is 1. The van der Waals surface area contributed by atoms with Gasteiger partial charge in [0.05, 0.1) is 4.92 Å². The molecule has 1 aromatic rings. The molecule has 1 atom stereocenters. The van der Waals surface area contributed by atoms with E-state index >= 15 is 0 Å². The minimum absolute atomic E-state index is 0.0791. The van der Waals surface area contributed by atoms with E-state index in [9.17, 15) is 19.7 Å². The number of carboxylic acid groups (broad SMARTS) is 1. The highest BCUT2D eigenvalue weighted by molar-refractivity contribution is 5.94. The van der Waals surface area contributed by atoms with E-state index in [1.807, 2.05) is 0 Å². The Hall–Kier alpha value is -2.70. The molecule has 0 fully saturated rings. The summed E-state index contributed by atoms with van der Waals surface area (Å²) in [4.78, 5) is 32.3. The number of rotatable bonds is 6. The van der Waals surface area contributed by atoms with E-state index in [2.05, 4.69) is 5.32 Å². The van der Waals surface area contributed by atoms with Crippen molar-refractivity contribution in [2.75, 3.05) is 0 Å². The molecule has 0 aliphatic rings. The smallest absolute Gasteiger partial charge is 0.326 e. The van der Waals surface area contributed by atoms with Crippen LogP contribution in [0.5, 0.6) is 0 Å². The molecule has 20 heavy (non-hydrogen) atoms. The molecule has 2 N–H and O–H groups in total. The first kappa shape index (κ1) is 15.4. The number of hydrogen-bond acceptors (Lipinski definition) is 4. The van der Waals surface area contributed by atoms with Crippen molar-refractivity contribution in [3.63, 3.8) is 0 Å². The van der Waals surface area contributed by atoms with E-state index in [-0.39, 0.29) is 12.1 Å². The Labute approximate surface area is 115 Å². The maximum absolute atomic E-state index is 11.5. The average Bonchev–Trinajstić information content (AvgIpc) is 2.42. The molecular formula is C13H14N2O5. The Morgan fingerprint density at radius 3 is 2.75 bits per heavy atom. The van der Waals surface area contributed by atoms with Crippen LogP contribution >= 0.6 is 0 Å². The van der Waals surface area contributed by atoms with Gasteiger partial charge in [-0.2, -0.15) is 0 Å². The van der Waals surface area contributed by atoms with Crippen LogP contribution in [0.2, 0.25) is 0 Å². The summed E-state index contributed by atoms with van der Waals surface area (Å²) in [5.74, 6) is -1.67. The second-order valence-corrected chi connectivity index (χ2v) is 3.99. The lowest BCUT2D eigenvalue weighted by molar-refractivity contribution is -0.384. The highest BCUT2D eigenvalue weighted by Gasteiger charge is 2.15. The third kappa shape index (κ3) is 4.52. The largest absolute Gasteiger partial charge is 0.480 e. The molecule has 0 radical (unpaired) electrons. The Morgan fingerprint density at radius 1 is 1.50 bits per heavy atom. The van der Waals surface area contributed by atoms with Gasteiger partial charge in [-0.1, -0.05) is 19.1 Å². The number of carbonyl (C=O) groups excluding carboxylic acids is 1. The Bertz CT molecular complexity index is 553. The molecule has 7 nitrogen and oxygen atoms in total. The quantitative estimate of drug-likeness (QED) is 0.466. The van der Waals surface area contributed by atoms with Gasteiger partial charge < -0.3 is 10.4 Å². The van der Waals surface area contributed by atoms with E-state index in [1.54, 1.807) is 13.0 Å². The van der Waals surface area contributed by atoms with Gasteiger partial charge in [0.2, 0.25) is 5.91 Å². The minimum Gasteiger partial charge on any atom is -0.480 e. The number of aliphatic carboxylic acids is 1. The van der Waals surface area contributed by atoms with Crippen LogP contribution in [-0.2, 0) is 9.59 Å². The van der Waals surface area contributed by atoms with Crippen molar-refractivity contribution in [3.8, 4) is 0 Å². The number of carboxylic acids is 1.